The molecular formula is C28H24O19. The molecule has 47 heavy (non-hydrogen) atoms. The Kier molecular flexibility index (Phi) is 9.24. The number of phenolic OH excluding ortho intramolecular Hbond substituents is 9. The number of aromatic hydroxyl groups is 9. The molecule has 0 saturated carbocycles. The molecule has 5 atom stereocenters. The Morgan fingerprint density at radius 1 is 0.532 bits per heavy atom. The number of aliphatic carboxylic acids is 1. The van der Waals surface area contributed by atoms with E-state index < -0.39 is 129 Å². The van der Waals surface area contributed by atoms with Crippen molar-refractivity contribution in [2.75, 3.05) is 0 Å². The summed E-state index contributed by atoms with van der Waals surface area (Å²) < 4.78 is 21.1. The monoisotopic (exact) mass is 664 g/mol. The first-order valence-electron chi connectivity index (χ1n) is 12.9. The van der Waals surface area contributed by atoms with E-state index in [4.69, 9.17) is 18.9 Å². The van der Waals surface area contributed by atoms with Crippen LogP contribution in [-0.2, 0) is 23.7 Å². The summed E-state index contributed by atoms with van der Waals surface area (Å²) in [6.07, 6.45) is -11.9. The number of aliphatic hydroxyl groups excluding tert-OH is 1. The number of esters is 3. The number of carbonyl (C=O) groups is 4. The summed E-state index contributed by atoms with van der Waals surface area (Å²) in [5.41, 5.74) is -1.98. The molecular weight excluding hydrogens is 640 g/mol. The highest BCUT2D eigenvalue weighted by Gasteiger charge is 2.53. The minimum absolute atomic E-state index is 0.619. The van der Waals surface area contributed by atoms with E-state index in [1.165, 1.54) is 0 Å². The number of hydrogen-bond donors (Lipinski definition) is 11. The molecule has 3 aromatic carbocycles. The maximum absolute atomic E-state index is 13.2. The van der Waals surface area contributed by atoms with Gasteiger partial charge in [-0.15, -0.1) is 0 Å². The molecule has 19 nitrogen and oxygen atoms in total. The fraction of sp³-hybridized carbons (Fsp3) is 0.214. The van der Waals surface area contributed by atoms with Gasteiger partial charge in [-0.25, -0.2) is 14.4 Å². The topological polar surface area (TPSA) is 328 Å². The van der Waals surface area contributed by atoms with E-state index in [9.17, 15) is 75.3 Å². The van der Waals surface area contributed by atoms with Gasteiger partial charge in [0.25, 0.3) is 0 Å². The molecule has 1 aliphatic rings. The maximum atomic E-state index is 13.2. The number of benzene rings is 3. The van der Waals surface area contributed by atoms with Crippen LogP contribution in [0.5, 0.6) is 51.7 Å². The van der Waals surface area contributed by atoms with E-state index in [1.54, 1.807) is 0 Å². The summed E-state index contributed by atoms with van der Waals surface area (Å²) in [4.78, 5) is 51.0. The Labute approximate surface area is 260 Å². The zero-order valence-electron chi connectivity index (χ0n) is 23.2. The van der Waals surface area contributed by atoms with Crippen molar-refractivity contribution in [1.29, 1.82) is 0 Å². The van der Waals surface area contributed by atoms with Crippen LogP contribution >= 0.6 is 0 Å². The zero-order chi connectivity index (χ0) is 34.9. The molecule has 3 aromatic rings. The van der Waals surface area contributed by atoms with Crippen LogP contribution in [0.3, 0.4) is 0 Å². The number of carboxylic acids is 1. The van der Waals surface area contributed by atoms with Crippen LogP contribution in [-0.4, -0.2) is 111 Å². The third kappa shape index (κ3) is 7.00. The van der Waals surface area contributed by atoms with Crippen LogP contribution in [0.25, 0.3) is 0 Å². The Hall–Kier alpha value is -6.34. The van der Waals surface area contributed by atoms with Gasteiger partial charge in [0, 0.05) is 0 Å². The molecule has 1 heterocycles. The van der Waals surface area contributed by atoms with E-state index in [2.05, 4.69) is 0 Å². The lowest BCUT2D eigenvalue weighted by Gasteiger charge is -2.42. The summed E-state index contributed by atoms with van der Waals surface area (Å²) in [6, 6.07) is 3.76. The van der Waals surface area contributed by atoms with E-state index in [1.807, 2.05) is 0 Å². The number of phenols is 9. The van der Waals surface area contributed by atoms with Crippen molar-refractivity contribution in [1.82, 2.24) is 0 Å². The largest absolute Gasteiger partial charge is 0.504 e. The minimum atomic E-state index is -2.35. The fourth-order valence-electron chi connectivity index (χ4n) is 4.37. The predicted molar refractivity (Wildman–Crippen MR) is 145 cm³/mol. The molecule has 0 bridgehead atoms. The molecule has 0 amide bonds. The first-order chi connectivity index (χ1) is 22.0. The molecule has 0 radical (unpaired) electrons. The third-order valence-electron chi connectivity index (χ3n) is 6.63. The van der Waals surface area contributed by atoms with Crippen molar-refractivity contribution < 1.29 is 94.3 Å². The van der Waals surface area contributed by atoms with Crippen LogP contribution in [0, 0.1) is 0 Å². The Morgan fingerprint density at radius 3 is 1.15 bits per heavy atom. The summed E-state index contributed by atoms with van der Waals surface area (Å²) in [5.74, 6) is -15.1. The van der Waals surface area contributed by atoms with Gasteiger partial charge in [0.15, 0.2) is 76.3 Å². The van der Waals surface area contributed by atoms with Crippen molar-refractivity contribution in [3.05, 3.63) is 53.1 Å². The van der Waals surface area contributed by atoms with E-state index in [-0.39, 0.29) is 0 Å². The standard InChI is InChI=1S/C28H24O19/c29-11-1-8(2-12(30)19(11)37)25(40)45-22-17(7-18(35)36)44-28(43)24(47-27(42)10-5-15(33)21(39)16(34)6-10)23(22)46-26(41)9-3-13(31)20(38)14(32)4-9/h1-6,17,22-24,28-34,37-39,43H,7H2,(H,35,36). The molecule has 0 spiro atoms. The summed E-state index contributed by atoms with van der Waals surface area (Å²) in [5, 5.41) is 108. The fourth-order valence-corrected chi connectivity index (χ4v) is 4.37. The lowest BCUT2D eigenvalue weighted by atomic mass is 9.95. The van der Waals surface area contributed by atoms with Crippen molar-refractivity contribution >= 4 is 23.9 Å². The van der Waals surface area contributed by atoms with Crippen LogP contribution in [0.2, 0.25) is 0 Å². The lowest BCUT2D eigenvalue weighted by molar-refractivity contribution is -0.280. The van der Waals surface area contributed by atoms with Crippen LogP contribution < -0.4 is 0 Å². The first-order valence-corrected chi connectivity index (χ1v) is 12.9. The molecule has 0 aromatic heterocycles. The molecule has 250 valence electrons. The quantitative estimate of drug-likeness (QED) is 0.0870. The molecule has 19 heteroatoms. The van der Waals surface area contributed by atoms with Gasteiger partial charge in [-0.05, 0) is 36.4 Å². The summed E-state index contributed by atoms with van der Waals surface area (Å²) in [7, 11) is 0. The van der Waals surface area contributed by atoms with Gasteiger partial charge >= 0.3 is 23.9 Å². The number of carbonyl (C=O) groups excluding carboxylic acids is 3. The van der Waals surface area contributed by atoms with Gasteiger partial charge in [-0.1, -0.05) is 0 Å². The van der Waals surface area contributed by atoms with Crippen molar-refractivity contribution in [2.45, 2.75) is 37.1 Å². The molecule has 0 aliphatic carbocycles. The van der Waals surface area contributed by atoms with E-state index >= 15 is 0 Å². The normalized spacial score (nSPS) is 20.6. The highest BCUT2D eigenvalue weighted by atomic mass is 16.7. The van der Waals surface area contributed by atoms with Gasteiger partial charge < -0.3 is 75.1 Å². The van der Waals surface area contributed by atoms with Gasteiger partial charge in [0.1, 0.15) is 6.10 Å². The number of aliphatic hydroxyl groups is 1. The lowest BCUT2D eigenvalue weighted by Crippen LogP contribution is -2.61. The number of ether oxygens (including phenoxy) is 4. The maximum Gasteiger partial charge on any atom is 0.339 e. The van der Waals surface area contributed by atoms with Crippen LogP contribution in [0.1, 0.15) is 37.5 Å². The van der Waals surface area contributed by atoms with Gasteiger partial charge in [-0.3, -0.25) is 4.79 Å². The summed E-state index contributed by atoms with van der Waals surface area (Å²) >= 11 is 0. The molecule has 4 rings (SSSR count). The van der Waals surface area contributed by atoms with Gasteiger partial charge in [0.05, 0.1) is 23.1 Å². The number of hydrogen-bond acceptors (Lipinski definition) is 18. The van der Waals surface area contributed by atoms with Crippen molar-refractivity contribution in [2.24, 2.45) is 0 Å². The highest BCUT2D eigenvalue weighted by molar-refractivity contribution is 5.93. The third-order valence-corrected chi connectivity index (χ3v) is 6.63. The zero-order valence-corrected chi connectivity index (χ0v) is 23.2. The number of rotatable bonds is 8. The van der Waals surface area contributed by atoms with Gasteiger partial charge in [-0.2, -0.15) is 0 Å². The van der Waals surface area contributed by atoms with Crippen LogP contribution in [0.4, 0.5) is 0 Å². The molecule has 1 saturated heterocycles. The minimum Gasteiger partial charge on any atom is -0.504 e. The average molecular weight is 664 g/mol. The highest BCUT2D eigenvalue weighted by Crippen LogP contribution is 2.39. The molecule has 1 aliphatic heterocycles. The summed E-state index contributed by atoms with van der Waals surface area (Å²) in [6.45, 7) is 0. The van der Waals surface area contributed by atoms with Crippen molar-refractivity contribution in [3.8, 4) is 51.7 Å². The Bertz CT molecular complexity index is 1680. The molecule has 5 unspecified atom stereocenters. The smallest absolute Gasteiger partial charge is 0.339 e. The molecule has 1 fully saturated rings. The van der Waals surface area contributed by atoms with E-state index in [0.717, 1.165) is 0 Å². The second kappa shape index (κ2) is 12.9. The predicted octanol–water partition coefficient (Wildman–Crippen LogP) is 0.205. The molecule has 11 N–H and O–H groups in total. The van der Waals surface area contributed by atoms with Crippen LogP contribution in [0.15, 0.2) is 36.4 Å². The van der Waals surface area contributed by atoms with E-state index in [0.29, 0.717) is 36.4 Å². The SMILES string of the molecule is O=C(O)CC1OC(O)C(OC(=O)c2cc(O)c(O)c(O)c2)C(OC(=O)c2cc(O)c(O)c(O)c2)C1OC(=O)c1cc(O)c(O)c(O)c1. The number of carboxylic acid groups (broad SMARTS) is 1. The van der Waals surface area contributed by atoms with Gasteiger partial charge in [0.2, 0.25) is 0 Å². The Balaban J connectivity index is 1.79. The Morgan fingerprint density at radius 2 is 0.830 bits per heavy atom. The second-order valence-electron chi connectivity index (χ2n) is 9.86. The van der Waals surface area contributed by atoms with Crippen molar-refractivity contribution in [3.63, 3.8) is 0 Å². The second-order valence-corrected chi connectivity index (χ2v) is 9.86. The first kappa shape index (κ1) is 33.6. The average Bonchev–Trinajstić information content (AvgIpc) is 2.99.